The van der Waals surface area contributed by atoms with Crippen molar-refractivity contribution in [2.75, 3.05) is 13.3 Å². The lowest BCUT2D eigenvalue weighted by atomic mass is 9.94. The number of benzene rings is 1. The van der Waals surface area contributed by atoms with Crippen LogP contribution in [0.25, 0.3) is 11.3 Å². The predicted octanol–water partition coefficient (Wildman–Crippen LogP) is 3.13. The van der Waals surface area contributed by atoms with Crippen molar-refractivity contribution >= 4 is 9.84 Å². The lowest BCUT2D eigenvalue weighted by Gasteiger charge is -2.36. The average Bonchev–Trinajstić information content (AvgIpc) is 3.03. The first-order valence-corrected chi connectivity index (χ1v) is 10.3. The van der Waals surface area contributed by atoms with Crippen LogP contribution in [0, 0.1) is 0 Å². The molecule has 1 aliphatic rings. The molecular weight excluding hydrogens is 324 g/mol. The van der Waals surface area contributed by atoms with Gasteiger partial charge in [-0.3, -0.25) is 4.90 Å². The second-order valence-electron chi connectivity index (χ2n) is 6.62. The maximum atomic E-state index is 12.1. The van der Waals surface area contributed by atoms with Crippen molar-refractivity contribution in [2.24, 2.45) is 0 Å². The number of aromatic nitrogens is 1. The molecule has 1 heterocycles. The molecule has 0 N–H and O–H groups in total. The van der Waals surface area contributed by atoms with Gasteiger partial charge in [0.15, 0.2) is 15.6 Å². The lowest BCUT2D eigenvalue weighted by Crippen LogP contribution is -2.46. The number of nitrogens with zero attached hydrogens (tertiary/aromatic N) is 2. The number of hydrogen-bond donors (Lipinski definition) is 0. The first kappa shape index (κ1) is 17.2. The molecule has 2 atom stereocenters. The molecule has 0 aliphatic heterocycles. The van der Waals surface area contributed by atoms with Crippen LogP contribution < -0.4 is 0 Å². The van der Waals surface area contributed by atoms with E-state index in [0.29, 0.717) is 12.4 Å². The summed E-state index contributed by atoms with van der Waals surface area (Å²) in [5, 5.41) is -0.292. The quantitative estimate of drug-likeness (QED) is 0.831. The van der Waals surface area contributed by atoms with Crippen LogP contribution >= 0.6 is 0 Å². The summed E-state index contributed by atoms with van der Waals surface area (Å²) in [5.41, 5.74) is 0.991. The molecule has 24 heavy (non-hydrogen) atoms. The normalized spacial score (nSPS) is 22.0. The molecule has 2 aromatic rings. The molecule has 0 spiro atoms. The first-order valence-electron chi connectivity index (χ1n) is 8.34. The Hall–Kier alpha value is -1.66. The van der Waals surface area contributed by atoms with Crippen LogP contribution in [-0.2, 0) is 16.4 Å². The lowest BCUT2D eigenvalue weighted by molar-refractivity contribution is 0.173. The fourth-order valence-corrected chi connectivity index (χ4v) is 5.04. The van der Waals surface area contributed by atoms with E-state index in [2.05, 4.69) is 9.88 Å². The predicted molar refractivity (Wildman–Crippen MR) is 94.3 cm³/mol. The van der Waals surface area contributed by atoms with Crippen LogP contribution in [0.5, 0.6) is 0 Å². The van der Waals surface area contributed by atoms with Gasteiger partial charge < -0.3 is 4.42 Å². The minimum atomic E-state index is -3.04. The second kappa shape index (κ2) is 7.07. The van der Waals surface area contributed by atoms with E-state index in [1.807, 2.05) is 37.4 Å². The fraction of sp³-hybridized carbons (Fsp3) is 0.500. The van der Waals surface area contributed by atoms with Crippen molar-refractivity contribution in [3.05, 3.63) is 42.4 Å². The van der Waals surface area contributed by atoms with E-state index in [1.54, 1.807) is 6.20 Å². The Morgan fingerprint density at radius 2 is 1.92 bits per heavy atom. The molecule has 5 nitrogen and oxygen atoms in total. The molecule has 1 aliphatic carbocycles. The van der Waals surface area contributed by atoms with Crippen molar-refractivity contribution in [3.8, 4) is 11.3 Å². The number of rotatable bonds is 5. The van der Waals surface area contributed by atoms with Crippen LogP contribution in [0.2, 0.25) is 0 Å². The molecule has 0 saturated heterocycles. The summed E-state index contributed by atoms with van der Waals surface area (Å²) in [6.07, 6.45) is 6.78. The maximum absolute atomic E-state index is 12.1. The Morgan fingerprint density at radius 3 is 2.62 bits per heavy atom. The zero-order valence-electron chi connectivity index (χ0n) is 14.2. The summed E-state index contributed by atoms with van der Waals surface area (Å²) in [4.78, 5) is 6.43. The summed E-state index contributed by atoms with van der Waals surface area (Å²) < 4.78 is 30.0. The zero-order chi connectivity index (χ0) is 17.2. The Bertz CT molecular complexity index is 771. The van der Waals surface area contributed by atoms with Crippen LogP contribution in [0.3, 0.4) is 0 Å². The first-order chi connectivity index (χ1) is 11.4. The third-order valence-electron chi connectivity index (χ3n) is 4.78. The van der Waals surface area contributed by atoms with Crippen molar-refractivity contribution in [2.45, 2.75) is 43.5 Å². The molecule has 0 amide bonds. The monoisotopic (exact) mass is 348 g/mol. The Morgan fingerprint density at radius 1 is 1.21 bits per heavy atom. The van der Waals surface area contributed by atoms with E-state index < -0.39 is 9.84 Å². The van der Waals surface area contributed by atoms with Crippen molar-refractivity contribution < 1.29 is 12.8 Å². The number of sulfone groups is 1. The molecule has 1 saturated carbocycles. The van der Waals surface area contributed by atoms with E-state index in [1.165, 1.54) is 6.26 Å². The molecule has 1 aromatic heterocycles. The topological polar surface area (TPSA) is 63.4 Å². The largest absolute Gasteiger partial charge is 0.439 e. The van der Waals surface area contributed by atoms with Gasteiger partial charge in [-0.05, 0) is 19.9 Å². The molecule has 0 radical (unpaired) electrons. The van der Waals surface area contributed by atoms with Gasteiger partial charge in [-0.2, -0.15) is 0 Å². The van der Waals surface area contributed by atoms with Gasteiger partial charge in [-0.1, -0.05) is 43.2 Å². The summed E-state index contributed by atoms with van der Waals surface area (Å²) in [7, 11) is -1.08. The number of oxazole rings is 1. The average molecular weight is 348 g/mol. The molecule has 6 heteroatoms. The SMILES string of the molecule is CN(Cc1ncc(-c2ccccc2)o1)[C@H]1CCCC[C@H]1S(C)(=O)=O. The van der Waals surface area contributed by atoms with Gasteiger partial charge in [0.1, 0.15) is 0 Å². The minimum Gasteiger partial charge on any atom is -0.439 e. The van der Waals surface area contributed by atoms with Crippen molar-refractivity contribution in [1.29, 1.82) is 0 Å². The van der Waals surface area contributed by atoms with Gasteiger partial charge in [0.05, 0.1) is 18.0 Å². The van der Waals surface area contributed by atoms with Gasteiger partial charge in [0, 0.05) is 17.9 Å². The fourth-order valence-electron chi connectivity index (χ4n) is 3.53. The van der Waals surface area contributed by atoms with Gasteiger partial charge in [0.2, 0.25) is 5.89 Å². The Balaban J connectivity index is 1.72. The maximum Gasteiger partial charge on any atom is 0.209 e. The van der Waals surface area contributed by atoms with Crippen LogP contribution in [0.1, 0.15) is 31.6 Å². The van der Waals surface area contributed by atoms with E-state index >= 15 is 0 Å². The van der Waals surface area contributed by atoms with Gasteiger partial charge in [-0.25, -0.2) is 13.4 Å². The molecule has 130 valence electrons. The number of hydrogen-bond acceptors (Lipinski definition) is 5. The summed E-state index contributed by atoms with van der Waals surface area (Å²) in [5.74, 6) is 1.36. The van der Waals surface area contributed by atoms with E-state index in [4.69, 9.17) is 4.42 Å². The third-order valence-corrected chi connectivity index (χ3v) is 6.43. The highest BCUT2D eigenvalue weighted by molar-refractivity contribution is 7.91. The molecule has 3 rings (SSSR count). The van der Waals surface area contributed by atoms with Gasteiger partial charge in [-0.15, -0.1) is 0 Å². The summed E-state index contributed by atoms with van der Waals surface area (Å²) in [6, 6.07) is 9.87. The smallest absolute Gasteiger partial charge is 0.209 e. The minimum absolute atomic E-state index is 0.0285. The third kappa shape index (κ3) is 3.87. The zero-order valence-corrected chi connectivity index (χ0v) is 15.0. The highest BCUT2D eigenvalue weighted by Crippen LogP contribution is 2.28. The van der Waals surface area contributed by atoms with Gasteiger partial charge >= 0.3 is 0 Å². The molecular formula is C18H24N2O3S. The highest BCUT2D eigenvalue weighted by atomic mass is 32.2. The standard InChI is InChI=1S/C18H24N2O3S/c1-20(15-10-6-7-11-17(15)24(2,21)22)13-18-19-12-16(23-18)14-8-4-3-5-9-14/h3-5,8-9,12,15,17H,6-7,10-11,13H2,1-2H3/t15-,17+/m0/s1. The van der Waals surface area contributed by atoms with Crippen LogP contribution in [-0.4, -0.2) is 42.9 Å². The molecule has 0 bridgehead atoms. The van der Waals surface area contributed by atoms with Gasteiger partial charge in [0.25, 0.3) is 0 Å². The summed E-state index contributed by atoms with van der Waals surface area (Å²) >= 11 is 0. The van der Waals surface area contributed by atoms with E-state index in [-0.39, 0.29) is 11.3 Å². The molecule has 1 aromatic carbocycles. The molecule has 1 fully saturated rings. The van der Waals surface area contributed by atoms with Crippen molar-refractivity contribution in [3.63, 3.8) is 0 Å². The Labute approximate surface area is 143 Å². The van der Waals surface area contributed by atoms with E-state index in [9.17, 15) is 8.42 Å². The Kier molecular flexibility index (Phi) is 5.06. The summed E-state index contributed by atoms with van der Waals surface area (Å²) in [6.45, 7) is 0.517. The van der Waals surface area contributed by atoms with E-state index in [0.717, 1.165) is 37.0 Å². The second-order valence-corrected chi connectivity index (χ2v) is 8.88. The van der Waals surface area contributed by atoms with Crippen LogP contribution in [0.4, 0.5) is 0 Å². The molecule has 0 unspecified atom stereocenters. The highest BCUT2D eigenvalue weighted by Gasteiger charge is 2.35. The van der Waals surface area contributed by atoms with Crippen LogP contribution in [0.15, 0.2) is 40.9 Å². The van der Waals surface area contributed by atoms with Crippen molar-refractivity contribution in [1.82, 2.24) is 9.88 Å².